The van der Waals surface area contributed by atoms with Gasteiger partial charge in [0.15, 0.2) is 11.6 Å². The lowest BCUT2D eigenvalue weighted by atomic mass is 10.1. The van der Waals surface area contributed by atoms with Gasteiger partial charge >= 0.3 is 5.97 Å². The van der Waals surface area contributed by atoms with Gasteiger partial charge in [-0.2, -0.15) is 5.26 Å². The van der Waals surface area contributed by atoms with Crippen LogP contribution in [0.1, 0.15) is 15.9 Å². The van der Waals surface area contributed by atoms with Crippen LogP contribution >= 0.6 is 11.6 Å². The predicted octanol–water partition coefficient (Wildman–Crippen LogP) is 4.02. The molecule has 0 radical (unpaired) electrons. The van der Waals surface area contributed by atoms with E-state index in [1.165, 1.54) is 12.1 Å². The van der Waals surface area contributed by atoms with E-state index >= 15 is 0 Å². The maximum atomic E-state index is 14.2. The van der Waals surface area contributed by atoms with Crippen molar-refractivity contribution in [3.05, 3.63) is 58.1 Å². The molecule has 0 heterocycles. The Balaban J connectivity index is 2.64. The molecule has 0 unspecified atom stereocenters. The van der Waals surface area contributed by atoms with E-state index in [0.717, 1.165) is 13.2 Å². The molecular formula is C15H9ClF2N2O2. The normalized spacial score (nSPS) is 9.95. The topological polar surface area (TPSA) is 62.1 Å². The smallest absolute Gasteiger partial charge is 0.340 e. The molecule has 7 heteroatoms. The van der Waals surface area contributed by atoms with Crippen LogP contribution in [0.4, 0.5) is 20.2 Å². The van der Waals surface area contributed by atoms with Crippen molar-refractivity contribution in [1.82, 2.24) is 0 Å². The number of benzene rings is 2. The summed E-state index contributed by atoms with van der Waals surface area (Å²) in [6, 6.07) is 8.76. The van der Waals surface area contributed by atoms with E-state index in [9.17, 15) is 13.6 Å². The van der Waals surface area contributed by atoms with E-state index in [1.807, 2.05) is 0 Å². The molecule has 2 rings (SSSR count). The van der Waals surface area contributed by atoms with E-state index in [4.69, 9.17) is 16.9 Å². The van der Waals surface area contributed by atoms with Crippen molar-refractivity contribution in [2.24, 2.45) is 0 Å². The van der Waals surface area contributed by atoms with Gasteiger partial charge in [0.1, 0.15) is 6.07 Å². The van der Waals surface area contributed by atoms with Crippen LogP contribution in [0.25, 0.3) is 0 Å². The maximum absolute atomic E-state index is 14.2. The number of ether oxygens (including phenoxy) is 1. The molecule has 22 heavy (non-hydrogen) atoms. The Morgan fingerprint density at radius 3 is 2.59 bits per heavy atom. The van der Waals surface area contributed by atoms with Crippen LogP contribution in [0.5, 0.6) is 0 Å². The van der Waals surface area contributed by atoms with E-state index in [2.05, 4.69) is 10.1 Å². The molecule has 2 aromatic carbocycles. The number of rotatable bonds is 3. The van der Waals surface area contributed by atoms with Crippen LogP contribution in [0.15, 0.2) is 30.3 Å². The molecule has 0 bridgehead atoms. The minimum Gasteiger partial charge on any atom is -0.465 e. The molecule has 0 spiro atoms. The summed E-state index contributed by atoms with van der Waals surface area (Å²) in [6.45, 7) is 0. The van der Waals surface area contributed by atoms with Gasteiger partial charge in [-0.1, -0.05) is 23.7 Å². The van der Waals surface area contributed by atoms with Gasteiger partial charge in [-0.25, -0.2) is 13.6 Å². The molecule has 0 aromatic heterocycles. The number of nitrogens with one attached hydrogen (secondary N) is 1. The number of carbonyl (C=O) groups excluding carboxylic acids is 1. The standard InChI is InChI=1S/C15H9ClF2N2O2/c1-22-15(21)9-6-8(7-19)12(17)13(18)14(9)20-11-5-3-2-4-10(11)16/h2-6,20H,1H3. The summed E-state index contributed by atoms with van der Waals surface area (Å²) < 4.78 is 32.5. The van der Waals surface area contributed by atoms with Gasteiger partial charge in [-0.3, -0.25) is 0 Å². The fraction of sp³-hybridized carbons (Fsp3) is 0.0667. The van der Waals surface area contributed by atoms with Gasteiger partial charge in [-0.05, 0) is 18.2 Å². The Morgan fingerprint density at radius 2 is 2.00 bits per heavy atom. The van der Waals surface area contributed by atoms with Crippen molar-refractivity contribution in [3.63, 3.8) is 0 Å². The van der Waals surface area contributed by atoms with Crippen molar-refractivity contribution in [3.8, 4) is 6.07 Å². The molecule has 0 aliphatic carbocycles. The number of hydrogen-bond donors (Lipinski definition) is 1. The van der Waals surface area contributed by atoms with Crippen LogP contribution in [-0.4, -0.2) is 13.1 Å². The van der Waals surface area contributed by atoms with Crippen LogP contribution in [0.2, 0.25) is 5.02 Å². The number of carbonyl (C=O) groups is 1. The molecule has 2 aromatic rings. The van der Waals surface area contributed by atoms with E-state index in [0.29, 0.717) is 0 Å². The molecule has 0 fully saturated rings. The highest BCUT2D eigenvalue weighted by atomic mass is 35.5. The van der Waals surface area contributed by atoms with Gasteiger partial charge in [0, 0.05) is 0 Å². The van der Waals surface area contributed by atoms with Crippen molar-refractivity contribution in [1.29, 1.82) is 5.26 Å². The number of nitrogens with zero attached hydrogens (tertiary/aromatic N) is 1. The Labute approximate surface area is 129 Å². The highest BCUT2D eigenvalue weighted by molar-refractivity contribution is 6.33. The van der Waals surface area contributed by atoms with Crippen molar-refractivity contribution >= 4 is 28.9 Å². The minimum absolute atomic E-state index is 0.252. The Bertz CT molecular complexity index is 788. The van der Waals surface area contributed by atoms with Crippen LogP contribution in [0, 0.1) is 23.0 Å². The first-order chi connectivity index (χ1) is 10.5. The van der Waals surface area contributed by atoms with Gasteiger partial charge in [0.2, 0.25) is 0 Å². The molecule has 112 valence electrons. The number of halogens is 3. The first-order valence-corrected chi connectivity index (χ1v) is 6.39. The summed E-state index contributed by atoms with van der Waals surface area (Å²) in [5.74, 6) is -3.63. The van der Waals surface area contributed by atoms with E-state index in [1.54, 1.807) is 18.2 Å². The van der Waals surface area contributed by atoms with Crippen molar-refractivity contribution in [2.45, 2.75) is 0 Å². The second-order valence-corrected chi connectivity index (χ2v) is 4.59. The SMILES string of the molecule is COC(=O)c1cc(C#N)c(F)c(F)c1Nc1ccccc1Cl. The Morgan fingerprint density at radius 1 is 1.32 bits per heavy atom. The van der Waals surface area contributed by atoms with Crippen LogP contribution in [0.3, 0.4) is 0 Å². The second kappa shape index (κ2) is 6.41. The Kier molecular flexibility index (Phi) is 4.59. The lowest BCUT2D eigenvalue weighted by Gasteiger charge is -2.14. The number of nitriles is 1. The summed E-state index contributed by atoms with van der Waals surface area (Å²) in [4.78, 5) is 11.7. The molecule has 0 saturated heterocycles. The summed E-state index contributed by atoms with van der Waals surface area (Å²) in [5.41, 5.74) is -1.07. The molecule has 0 aliphatic heterocycles. The lowest BCUT2D eigenvalue weighted by molar-refractivity contribution is 0.0601. The van der Waals surface area contributed by atoms with E-state index in [-0.39, 0.29) is 16.3 Å². The fourth-order valence-electron chi connectivity index (χ4n) is 1.80. The first kappa shape index (κ1) is 15.7. The number of methoxy groups -OCH3 is 1. The average molecular weight is 323 g/mol. The quantitative estimate of drug-likeness (QED) is 0.867. The molecule has 4 nitrogen and oxygen atoms in total. The molecular weight excluding hydrogens is 314 g/mol. The third-order valence-corrected chi connectivity index (χ3v) is 3.20. The third-order valence-electron chi connectivity index (χ3n) is 2.87. The summed E-state index contributed by atoms with van der Waals surface area (Å²) >= 11 is 5.94. The molecule has 0 aliphatic rings. The average Bonchev–Trinajstić information content (AvgIpc) is 2.53. The highest BCUT2D eigenvalue weighted by Gasteiger charge is 2.23. The summed E-state index contributed by atoms with van der Waals surface area (Å²) in [7, 11) is 1.09. The monoisotopic (exact) mass is 322 g/mol. The van der Waals surface area contributed by atoms with Gasteiger partial charge in [0.25, 0.3) is 0 Å². The fourth-order valence-corrected chi connectivity index (χ4v) is 1.98. The predicted molar refractivity (Wildman–Crippen MR) is 77.1 cm³/mol. The number of hydrogen-bond acceptors (Lipinski definition) is 4. The highest BCUT2D eigenvalue weighted by Crippen LogP contribution is 2.31. The van der Waals surface area contributed by atoms with Crippen LogP contribution < -0.4 is 5.32 Å². The van der Waals surface area contributed by atoms with E-state index < -0.39 is 28.9 Å². The summed E-state index contributed by atoms with van der Waals surface area (Å²) in [5, 5.41) is 11.6. The zero-order chi connectivity index (χ0) is 16.3. The third kappa shape index (κ3) is 2.85. The van der Waals surface area contributed by atoms with Gasteiger partial charge < -0.3 is 10.1 Å². The van der Waals surface area contributed by atoms with Gasteiger partial charge in [0.05, 0.1) is 34.6 Å². The Hall–Kier alpha value is -2.65. The van der Waals surface area contributed by atoms with Crippen molar-refractivity contribution < 1.29 is 18.3 Å². The molecule has 0 atom stereocenters. The molecule has 0 amide bonds. The van der Waals surface area contributed by atoms with Gasteiger partial charge in [-0.15, -0.1) is 0 Å². The zero-order valence-electron chi connectivity index (χ0n) is 11.3. The zero-order valence-corrected chi connectivity index (χ0v) is 12.0. The number of esters is 1. The number of anilines is 2. The lowest BCUT2D eigenvalue weighted by Crippen LogP contribution is -2.10. The minimum atomic E-state index is -1.36. The maximum Gasteiger partial charge on any atom is 0.340 e. The molecule has 0 saturated carbocycles. The van der Waals surface area contributed by atoms with Crippen LogP contribution in [-0.2, 0) is 4.74 Å². The largest absolute Gasteiger partial charge is 0.465 e. The van der Waals surface area contributed by atoms with Crippen molar-refractivity contribution in [2.75, 3.05) is 12.4 Å². The first-order valence-electron chi connectivity index (χ1n) is 6.01. The summed E-state index contributed by atoms with van der Waals surface area (Å²) in [6.07, 6.45) is 0. The second-order valence-electron chi connectivity index (χ2n) is 4.18. The molecule has 1 N–H and O–H groups in total. The number of para-hydroxylation sites is 1.